The van der Waals surface area contributed by atoms with E-state index in [1.54, 1.807) is 6.33 Å². The Bertz CT molecular complexity index is 302. The van der Waals surface area contributed by atoms with Crippen molar-refractivity contribution < 1.29 is 0 Å². The van der Waals surface area contributed by atoms with Crippen LogP contribution in [0.15, 0.2) is 12.4 Å². The van der Waals surface area contributed by atoms with Crippen LogP contribution in [0, 0.1) is 0 Å². The summed E-state index contributed by atoms with van der Waals surface area (Å²) in [5.41, 5.74) is 1.10. The molecule has 0 aliphatic rings. The number of hydrogen-bond donors (Lipinski definition) is 1. The second-order valence-electron chi connectivity index (χ2n) is 3.99. The highest BCUT2D eigenvalue weighted by Gasteiger charge is 1.99. The molecule has 0 radical (unpaired) electrons. The molecule has 4 heteroatoms. The number of nitrogens with one attached hydrogen (secondary N) is 1. The predicted molar refractivity (Wildman–Crippen MR) is 69.1 cm³/mol. The van der Waals surface area contributed by atoms with Crippen LogP contribution >= 0.6 is 11.6 Å². The lowest BCUT2D eigenvalue weighted by molar-refractivity contribution is 0.748. The van der Waals surface area contributed by atoms with Gasteiger partial charge in [0.05, 0.1) is 0 Å². The van der Waals surface area contributed by atoms with E-state index in [9.17, 15) is 0 Å². The van der Waals surface area contributed by atoms with Crippen molar-refractivity contribution in [3.8, 4) is 0 Å². The lowest BCUT2D eigenvalue weighted by Crippen LogP contribution is -2.06. The molecular weight excluding hydrogens is 222 g/mol. The van der Waals surface area contributed by atoms with Crippen molar-refractivity contribution in [2.45, 2.75) is 44.9 Å². The van der Waals surface area contributed by atoms with E-state index in [0.29, 0.717) is 0 Å². The molecule has 1 atom stereocenters. The number of nitrogens with zero attached hydrogens (tertiary/aromatic N) is 2. The lowest BCUT2D eigenvalue weighted by Gasteiger charge is -2.07. The van der Waals surface area contributed by atoms with E-state index in [1.807, 2.05) is 13.0 Å². The molecule has 0 aliphatic carbocycles. The Morgan fingerprint density at radius 3 is 2.94 bits per heavy atom. The Hall–Kier alpha value is -0.830. The van der Waals surface area contributed by atoms with Crippen molar-refractivity contribution in [2.75, 3.05) is 11.9 Å². The summed E-state index contributed by atoms with van der Waals surface area (Å²) in [5, 5.41) is 3.54. The molecule has 0 fully saturated rings. The van der Waals surface area contributed by atoms with Crippen LogP contribution in [0.1, 0.15) is 38.8 Å². The first-order valence-electron chi connectivity index (χ1n) is 5.91. The Balaban J connectivity index is 2.33. The normalized spacial score (nSPS) is 12.4. The van der Waals surface area contributed by atoms with Gasteiger partial charge < -0.3 is 5.32 Å². The zero-order valence-electron chi connectivity index (χ0n) is 10.0. The van der Waals surface area contributed by atoms with Crippen molar-refractivity contribution in [1.82, 2.24) is 9.97 Å². The Morgan fingerprint density at radius 1 is 1.44 bits per heavy atom. The molecule has 90 valence electrons. The highest BCUT2D eigenvalue weighted by Crippen LogP contribution is 2.07. The number of halogens is 1. The average Bonchev–Trinajstić information content (AvgIpc) is 2.25. The van der Waals surface area contributed by atoms with Crippen molar-refractivity contribution in [3.05, 3.63) is 18.1 Å². The number of aryl methyl sites for hydroxylation is 1. The van der Waals surface area contributed by atoms with Gasteiger partial charge in [-0.2, -0.15) is 0 Å². The van der Waals surface area contributed by atoms with Gasteiger partial charge >= 0.3 is 0 Å². The molecule has 0 spiro atoms. The van der Waals surface area contributed by atoms with Crippen molar-refractivity contribution in [2.24, 2.45) is 0 Å². The SMILES string of the molecule is CCCc1cc(NCCCC(C)Cl)ncn1. The molecule has 0 amide bonds. The lowest BCUT2D eigenvalue weighted by atomic mass is 10.2. The Morgan fingerprint density at radius 2 is 2.25 bits per heavy atom. The third-order valence-electron chi connectivity index (χ3n) is 2.31. The minimum absolute atomic E-state index is 0.253. The van der Waals surface area contributed by atoms with E-state index in [-0.39, 0.29) is 5.38 Å². The summed E-state index contributed by atoms with van der Waals surface area (Å²) in [7, 11) is 0. The molecule has 0 aliphatic heterocycles. The molecular formula is C12H20ClN3. The van der Waals surface area contributed by atoms with Crippen LogP contribution in [0.5, 0.6) is 0 Å². The standard InChI is InChI=1S/C12H20ClN3/c1-3-5-11-8-12(16-9-15-11)14-7-4-6-10(2)13/h8-10H,3-7H2,1-2H3,(H,14,15,16). The van der Waals surface area contributed by atoms with E-state index in [2.05, 4.69) is 22.2 Å². The number of hydrogen-bond acceptors (Lipinski definition) is 3. The molecule has 1 aromatic heterocycles. The molecule has 1 heterocycles. The minimum Gasteiger partial charge on any atom is -0.370 e. The number of aromatic nitrogens is 2. The number of alkyl halides is 1. The van der Waals surface area contributed by atoms with E-state index >= 15 is 0 Å². The van der Waals surface area contributed by atoms with Crippen molar-refractivity contribution in [1.29, 1.82) is 0 Å². The van der Waals surface area contributed by atoms with Gasteiger partial charge in [0.25, 0.3) is 0 Å². The van der Waals surface area contributed by atoms with Crippen LogP contribution in [0.25, 0.3) is 0 Å². The summed E-state index contributed by atoms with van der Waals surface area (Å²) >= 11 is 5.87. The summed E-state index contributed by atoms with van der Waals surface area (Å²) in [4.78, 5) is 8.40. The zero-order chi connectivity index (χ0) is 11.8. The first kappa shape index (κ1) is 13.2. The van der Waals surface area contributed by atoms with E-state index in [4.69, 9.17) is 11.6 Å². The average molecular weight is 242 g/mol. The van der Waals surface area contributed by atoms with Gasteiger partial charge in [0.1, 0.15) is 12.1 Å². The zero-order valence-corrected chi connectivity index (χ0v) is 10.8. The highest BCUT2D eigenvalue weighted by atomic mass is 35.5. The summed E-state index contributed by atoms with van der Waals surface area (Å²) in [6.45, 7) is 5.09. The van der Waals surface area contributed by atoms with Crippen LogP contribution in [-0.2, 0) is 6.42 Å². The van der Waals surface area contributed by atoms with Gasteiger partial charge in [-0.05, 0) is 26.2 Å². The van der Waals surface area contributed by atoms with Crippen molar-refractivity contribution in [3.63, 3.8) is 0 Å². The van der Waals surface area contributed by atoms with Crippen LogP contribution in [-0.4, -0.2) is 21.9 Å². The van der Waals surface area contributed by atoms with Gasteiger partial charge in [0.15, 0.2) is 0 Å². The van der Waals surface area contributed by atoms with Crippen LogP contribution < -0.4 is 5.32 Å². The third-order valence-corrected chi connectivity index (χ3v) is 2.53. The minimum atomic E-state index is 0.253. The van der Waals surface area contributed by atoms with Gasteiger partial charge in [0.2, 0.25) is 0 Å². The predicted octanol–water partition coefficient (Wildman–Crippen LogP) is 3.25. The fourth-order valence-electron chi connectivity index (χ4n) is 1.49. The van der Waals surface area contributed by atoms with Crippen LogP contribution in [0.2, 0.25) is 0 Å². The maximum absolute atomic E-state index is 5.87. The van der Waals surface area contributed by atoms with Gasteiger partial charge in [-0.1, -0.05) is 13.3 Å². The molecule has 0 saturated carbocycles. The Labute approximate surface area is 103 Å². The summed E-state index contributed by atoms with van der Waals surface area (Å²) in [5.74, 6) is 0.917. The quantitative estimate of drug-likeness (QED) is 0.588. The highest BCUT2D eigenvalue weighted by molar-refractivity contribution is 6.20. The molecule has 0 bridgehead atoms. The molecule has 0 saturated heterocycles. The second kappa shape index (κ2) is 7.44. The van der Waals surface area contributed by atoms with Crippen LogP contribution in [0.4, 0.5) is 5.82 Å². The second-order valence-corrected chi connectivity index (χ2v) is 4.74. The molecule has 0 aromatic carbocycles. The number of rotatable bonds is 7. The molecule has 16 heavy (non-hydrogen) atoms. The van der Waals surface area contributed by atoms with Crippen molar-refractivity contribution >= 4 is 17.4 Å². The summed E-state index contributed by atoms with van der Waals surface area (Å²) in [6.07, 6.45) is 5.84. The molecule has 1 unspecified atom stereocenters. The molecule has 1 rings (SSSR count). The number of anilines is 1. The first-order valence-corrected chi connectivity index (χ1v) is 6.35. The topological polar surface area (TPSA) is 37.8 Å². The largest absolute Gasteiger partial charge is 0.370 e. The maximum atomic E-state index is 5.87. The smallest absolute Gasteiger partial charge is 0.129 e. The van der Waals surface area contributed by atoms with Gasteiger partial charge in [-0.15, -0.1) is 11.6 Å². The maximum Gasteiger partial charge on any atom is 0.129 e. The molecule has 1 N–H and O–H groups in total. The van der Waals surface area contributed by atoms with E-state index in [1.165, 1.54) is 0 Å². The van der Waals surface area contributed by atoms with Gasteiger partial charge in [-0.3, -0.25) is 0 Å². The summed E-state index contributed by atoms with van der Waals surface area (Å²) < 4.78 is 0. The van der Waals surface area contributed by atoms with Gasteiger partial charge in [0, 0.05) is 23.7 Å². The fraction of sp³-hybridized carbons (Fsp3) is 0.667. The molecule has 1 aromatic rings. The summed E-state index contributed by atoms with van der Waals surface area (Å²) in [6, 6.07) is 2.02. The third kappa shape index (κ3) is 5.31. The molecule has 3 nitrogen and oxygen atoms in total. The van der Waals surface area contributed by atoms with Crippen LogP contribution in [0.3, 0.4) is 0 Å². The van der Waals surface area contributed by atoms with Gasteiger partial charge in [-0.25, -0.2) is 9.97 Å². The van der Waals surface area contributed by atoms with E-state index < -0.39 is 0 Å². The fourth-order valence-corrected chi connectivity index (χ4v) is 1.64. The monoisotopic (exact) mass is 241 g/mol. The van der Waals surface area contributed by atoms with E-state index in [0.717, 1.165) is 43.7 Å². The first-order chi connectivity index (χ1) is 7.72. The Kier molecular flexibility index (Phi) is 6.16.